The van der Waals surface area contributed by atoms with E-state index in [1.807, 2.05) is 38.1 Å². The van der Waals surface area contributed by atoms with Gasteiger partial charge < -0.3 is 0 Å². The van der Waals surface area contributed by atoms with Gasteiger partial charge in [-0.2, -0.15) is 9.81 Å². The van der Waals surface area contributed by atoms with Gasteiger partial charge in [0.15, 0.2) is 0 Å². The lowest BCUT2D eigenvalue weighted by molar-refractivity contribution is 0.691. The molecule has 2 unspecified atom stereocenters. The molecule has 0 aromatic heterocycles. The van der Waals surface area contributed by atoms with Crippen molar-refractivity contribution in [1.82, 2.24) is 0 Å². The molecule has 0 saturated carbocycles. The molecule has 0 spiro atoms. The summed E-state index contributed by atoms with van der Waals surface area (Å²) in [5.41, 5.74) is 3.76. The largest absolute Gasteiger partial charge is 0.150 e. The molecule has 238 valence electrons. The highest BCUT2D eigenvalue weighted by atomic mass is 31.1. The molecule has 0 bridgehead atoms. The molecule has 4 nitrogen and oxygen atoms in total. The molecule has 0 saturated heterocycles. The van der Waals surface area contributed by atoms with E-state index in [4.69, 9.17) is 0 Å². The summed E-state index contributed by atoms with van der Waals surface area (Å²) in [6.07, 6.45) is 1.11. The summed E-state index contributed by atoms with van der Waals surface area (Å²) >= 11 is 0. The fraction of sp³-hybridized carbons (Fsp3) is 0.143. The molecule has 48 heavy (non-hydrogen) atoms. The minimum atomic E-state index is -1.07. The maximum absolute atomic E-state index is 12.6. The van der Waals surface area contributed by atoms with Gasteiger partial charge in [0.25, 0.3) is 0 Å². The van der Waals surface area contributed by atoms with Crippen LogP contribution in [0, 0.1) is 9.81 Å². The standard InChI is InChI=1S/C42H38N2O2P2/c1-3-37(43-45)35-27-17-29-39(47(31-19-9-5-10-20-31)32-21-11-6-12-22-32)41(35)42-36(38(4-2)44-46)28-18-30-40(42)48(33-23-13-7-14-24-33)34-25-15-8-16-26-34/h5-30,37-38H,3-4H2,1-2H3. The van der Waals surface area contributed by atoms with E-state index in [9.17, 15) is 9.81 Å². The van der Waals surface area contributed by atoms with Crippen molar-refractivity contribution in [2.75, 3.05) is 0 Å². The lowest BCUT2D eigenvalue weighted by Gasteiger charge is -2.30. The molecular weight excluding hydrogens is 626 g/mol. The molecular formula is C42H38N2O2P2. The van der Waals surface area contributed by atoms with Crippen molar-refractivity contribution in [2.45, 2.75) is 38.8 Å². The fourth-order valence-corrected chi connectivity index (χ4v) is 11.4. The second kappa shape index (κ2) is 16.0. The zero-order valence-corrected chi connectivity index (χ0v) is 29.0. The van der Waals surface area contributed by atoms with Gasteiger partial charge in [-0.1, -0.05) is 182 Å². The fourth-order valence-electron chi connectivity index (χ4n) is 6.45. The van der Waals surface area contributed by atoms with Crippen LogP contribution in [0.4, 0.5) is 0 Å². The van der Waals surface area contributed by atoms with Crippen LogP contribution in [0.2, 0.25) is 0 Å². The Bertz CT molecular complexity index is 1730. The summed E-state index contributed by atoms with van der Waals surface area (Å²) in [5.74, 6) is 0. The number of rotatable bonds is 13. The molecule has 0 aliphatic rings. The lowest BCUT2D eigenvalue weighted by Crippen LogP contribution is -2.28. The van der Waals surface area contributed by atoms with Gasteiger partial charge in [-0.3, -0.25) is 0 Å². The molecule has 0 amide bonds. The van der Waals surface area contributed by atoms with Gasteiger partial charge in [0.2, 0.25) is 0 Å². The molecule has 6 aromatic rings. The van der Waals surface area contributed by atoms with Crippen LogP contribution in [0.3, 0.4) is 0 Å². The van der Waals surface area contributed by atoms with Crippen LogP contribution in [0.15, 0.2) is 168 Å². The van der Waals surface area contributed by atoms with Gasteiger partial charge in [-0.15, -0.1) is 0 Å². The topological polar surface area (TPSA) is 58.9 Å². The third-order valence-electron chi connectivity index (χ3n) is 8.68. The van der Waals surface area contributed by atoms with Gasteiger partial charge >= 0.3 is 0 Å². The number of hydrogen-bond donors (Lipinski definition) is 0. The molecule has 0 radical (unpaired) electrons. The van der Waals surface area contributed by atoms with Crippen molar-refractivity contribution in [3.63, 3.8) is 0 Å². The van der Waals surface area contributed by atoms with Crippen LogP contribution < -0.4 is 31.8 Å². The summed E-state index contributed by atoms with van der Waals surface area (Å²) in [4.78, 5) is 25.2. The predicted octanol–water partition coefficient (Wildman–Crippen LogP) is 9.31. The van der Waals surface area contributed by atoms with Crippen LogP contribution in [0.1, 0.15) is 49.9 Å². The van der Waals surface area contributed by atoms with E-state index in [1.165, 1.54) is 21.2 Å². The summed E-state index contributed by atoms with van der Waals surface area (Å²) in [6, 6.07) is 54.0. The highest BCUT2D eigenvalue weighted by Crippen LogP contribution is 2.46. The van der Waals surface area contributed by atoms with Gasteiger partial charge in [0.05, 0.1) is 0 Å². The number of hydrogen-bond acceptors (Lipinski definition) is 4. The first-order valence-electron chi connectivity index (χ1n) is 16.4. The number of nitrogens with zero attached hydrogens (tertiary/aromatic N) is 2. The average Bonchev–Trinajstić information content (AvgIpc) is 3.15. The molecule has 0 N–H and O–H groups in total. The summed E-state index contributed by atoms with van der Waals surface area (Å²) in [5, 5.41) is 14.5. The van der Waals surface area contributed by atoms with E-state index in [-0.39, 0.29) is 0 Å². The van der Waals surface area contributed by atoms with E-state index < -0.39 is 27.9 Å². The minimum Gasteiger partial charge on any atom is -0.150 e. The third-order valence-corrected chi connectivity index (χ3v) is 13.7. The van der Waals surface area contributed by atoms with E-state index in [2.05, 4.69) is 144 Å². The normalized spacial score (nSPS) is 12.5. The molecule has 0 aliphatic heterocycles. The molecule has 6 aromatic carbocycles. The van der Waals surface area contributed by atoms with Crippen LogP contribution in [-0.4, -0.2) is 0 Å². The first kappa shape index (κ1) is 33.3. The Kier molecular flexibility index (Phi) is 11.1. The lowest BCUT2D eigenvalue weighted by atomic mass is 9.88. The molecule has 0 fully saturated rings. The monoisotopic (exact) mass is 664 g/mol. The zero-order valence-electron chi connectivity index (χ0n) is 27.2. The molecule has 6 heteroatoms. The summed E-state index contributed by atoms with van der Waals surface area (Å²) < 4.78 is 0. The Labute approximate surface area is 285 Å². The second-order valence-corrected chi connectivity index (χ2v) is 15.9. The van der Waals surface area contributed by atoms with E-state index >= 15 is 0 Å². The van der Waals surface area contributed by atoms with Gasteiger partial charge in [-0.25, -0.2) is 0 Å². The summed E-state index contributed by atoms with van der Waals surface area (Å²) in [7, 11) is -2.13. The van der Waals surface area contributed by atoms with Crippen molar-refractivity contribution in [3.05, 3.63) is 179 Å². The number of benzene rings is 6. The predicted molar refractivity (Wildman–Crippen MR) is 207 cm³/mol. The highest BCUT2D eigenvalue weighted by molar-refractivity contribution is 7.80. The first-order chi connectivity index (χ1) is 23.7. The van der Waals surface area contributed by atoms with E-state index in [0.29, 0.717) is 12.8 Å². The Hall–Kier alpha value is -4.62. The Morgan fingerprint density at radius 3 is 0.958 bits per heavy atom. The Morgan fingerprint density at radius 2 is 0.708 bits per heavy atom. The molecule has 2 atom stereocenters. The average molecular weight is 665 g/mol. The third kappa shape index (κ3) is 6.83. The minimum absolute atomic E-state index is 0.557. The second-order valence-electron chi connectivity index (χ2n) is 11.6. The van der Waals surface area contributed by atoms with Crippen molar-refractivity contribution in [3.8, 4) is 11.1 Å². The Morgan fingerprint density at radius 1 is 0.417 bits per heavy atom. The smallest absolute Gasteiger partial charge is 0.117 e. The van der Waals surface area contributed by atoms with Crippen LogP contribution in [-0.2, 0) is 0 Å². The summed E-state index contributed by atoms with van der Waals surface area (Å²) in [6.45, 7) is 4.02. The maximum atomic E-state index is 12.6. The maximum Gasteiger partial charge on any atom is 0.117 e. The van der Waals surface area contributed by atoms with Gasteiger partial charge in [-0.05, 0) is 82.8 Å². The zero-order chi connectivity index (χ0) is 33.3. The van der Waals surface area contributed by atoms with Crippen molar-refractivity contribution in [2.24, 2.45) is 10.4 Å². The number of nitroso groups, excluding NO2 is 2. The first-order valence-corrected chi connectivity index (χ1v) is 19.1. The molecule has 0 aliphatic carbocycles. The quantitative estimate of drug-likeness (QED) is 0.0913. The molecule has 0 heterocycles. The van der Waals surface area contributed by atoms with E-state index in [1.54, 1.807) is 0 Å². The van der Waals surface area contributed by atoms with Crippen molar-refractivity contribution >= 4 is 47.7 Å². The van der Waals surface area contributed by atoms with Gasteiger partial charge in [0, 0.05) is 0 Å². The van der Waals surface area contributed by atoms with Crippen molar-refractivity contribution < 1.29 is 0 Å². The van der Waals surface area contributed by atoms with Gasteiger partial charge in [0.1, 0.15) is 12.1 Å². The SMILES string of the molecule is CCC(N=O)c1cccc(P(c2ccccc2)c2ccccc2)c1-c1c(C(CC)N=O)cccc1P(c1ccccc1)c1ccccc1. The van der Waals surface area contributed by atoms with Crippen LogP contribution in [0.25, 0.3) is 11.1 Å². The van der Waals surface area contributed by atoms with Crippen LogP contribution >= 0.6 is 15.8 Å². The Balaban J connectivity index is 1.79. The van der Waals surface area contributed by atoms with Crippen molar-refractivity contribution in [1.29, 1.82) is 0 Å². The molecule has 6 rings (SSSR count). The van der Waals surface area contributed by atoms with E-state index in [0.717, 1.165) is 32.9 Å². The highest BCUT2D eigenvalue weighted by Gasteiger charge is 2.32. The van der Waals surface area contributed by atoms with Crippen LogP contribution in [0.5, 0.6) is 0 Å².